The molecule has 1 aromatic heterocycles. The first-order chi connectivity index (χ1) is 9.72. The third-order valence-corrected chi connectivity index (χ3v) is 3.66. The lowest BCUT2D eigenvalue weighted by Gasteiger charge is -2.09. The lowest BCUT2D eigenvalue weighted by atomic mass is 10.2. The van der Waals surface area contributed by atoms with Gasteiger partial charge in [0.05, 0.1) is 0 Å². The number of nitrogens with zero attached hydrogens (tertiary/aromatic N) is 2. The van der Waals surface area contributed by atoms with Crippen LogP contribution in [0.4, 0.5) is 5.69 Å². The van der Waals surface area contributed by atoms with Crippen molar-refractivity contribution >= 4 is 21.6 Å². The van der Waals surface area contributed by atoms with Crippen LogP contribution in [-0.2, 0) is 6.54 Å². The number of halogens is 1. The van der Waals surface area contributed by atoms with E-state index < -0.39 is 0 Å². The van der Waals surface area contributed by atoms with Crippen LogP contribution in [0.3, 0.4) is 0 Å². The van der Waals surface area contributed by atoms with E-state index in [1.54, 1.807) is 0 Å². The van der Waals surface area contributed by atoms with Gasteiger partial charge in [0.25, 0.3) is 0 Å². The zero-order valence-corrected chi connectivity index (χ0v) is 12.4. The monoisotopic (exact) mass is 327 g/mol. The van der Waals surface area contributed by atoms with Crippen LogP contribution in [0.1, 0.15) is 5.56 Å². The first-order valence-electron chi connectivity index (χ1n) is 6.34. The quantitative estimate of drug-likeness (QED) is 0.740. The summed E-state index contributed by atoms with van der Waals surface area (Å²) in [5, 5.41) is 0. The molecule has 0 bridgehead atoms. The molecule has 0 saturated carbocycles. The fraction of sp³-hybridized carbons (Fsp3) is 0.0625. The summed E-state index contributed by atoms with van der Waals surface area (Å²) >= 11 is 3.45. The molecule has 3 rings (SSSR count). The van der Waals surface area contributed by atoms with Gasteiger partial charge in [0, 0.05) is 34.7 Å². The number of nitrogens with two attached hydrogens (primary N) is 1. The van der Waals surface area contributed by atoms with Crippen molar-refractivity contribution in [3.8, 4) is 11.4 Å². The van der Waals surface area contributed by atoms with Crippen molar-refractivity contribution in [3.63, 3.8) is 0 Å². The second-order valence-electron chi connectivity index (χ2n) is 4.63. The molecule has 0 saturated heterocycles. The molecule has 2 aromatic carbocycles. The lowest BCUT2D eigenvalue weighted by molar-refractivity contribution is 0.807. The Morgan fingerprint density at radius 1 is 1.10 bits per heavy atom. The Kier molecular flexibility index (Phi) is 3.56. The Bertz CT molecular complexity index is 717. The van der Waals surface area contributed by atoms with Crippen LogP contribution in [0.2, 0.25) is 0 Å². The normalized spacial score (nSPS) is 10.7. The smallest absolute Gasteiger partial charge is 0.140 e. The minimum Gasteiger partial charge on any atom is -0.399 e. The average molecular weight is 328 g/mol. The molecule has 0 amide bonds. The fourth-order valence-corrected chi connectivity index (χ4v) is 2.43. The Labute approximate surface area is 126 Å². The van der Waals surface area contributed by atoms with Gasteiger partial charge in [-0.2, -0.15) is 0 Å². The summed E-state index contributed by atoms with van der Waals surface area (Å²) in [5.74, 6) is 0.931. The number of aromatic nitrogens is 2. The predicted molar refractivity (Wildman–Crippen MR) is 85.3 cm³/mol. The predicted octanol–water partition coefficient (Wildman–Crippen LogP) is 3.94. The van der Waals surface area contributed by atoms with Crippen LogP contribution in [0.5, 0.6) is 0 Å². The molecule has 0 aliphatic carbocycles. The fourth-order valence-electron chi connectivity index (χ4n) is 2.16. The van der Waals surface area contributed by atoms with Gasteiger partial charge in [0.2, 0.25) is 0 Å². The first-order valence-corrected chi connectivity index (χ1v) is 7.13. The summed E-state index contributed by atoms with van der Waals surface area (Å²) < 4.78 is 3.21. The molecule has 0 atom stereocenters. The van der Waals surface area contributed by atoms with Crippen LogP contribution in [0, 0.1) is 0 Å². The third-order valence-electron chi connectivity index (χ3n) is 3.13. The van der Waals surface area contributed by atoms with Crippen LogP contribution in [0.15, 0.2) is 65.4 Å². The number of anilines is 1. The minimum absolute atomic E-state index is 0.751. The van der Waals surface area contributed by atoms with Gasteiger partial charge in [-0.15, -0.1) is 0 Å². The number of hydrogen-bond acceptors (Lipinski definition) is 2. The summed E-state index contributed by atoms with van der Waals surface area (Å²) in [5.41, 5.74) is 8.86. The highest BCUT2D eigenvalue weighted by Crippen LogP contribution is 2.21. The van der Waals surface area contributed by atoms with Crippen molar-refractivity contribution in [1.82, 2.24) is 9.55 Å². The molecule has 100 valence electrons. The molecule has 0 spiro atoms. The van der Waals surface area contributed by atoms with Crippen LogP contribution in [0.25, 0.3) is 11.4 Å². The van der Waals surface area contributed by atoms with E-state index in [0.29, 0.717) is 0 Å². The number of benzene rings is 2. The summed E-state index contributed by atoms with van der Waals surface area (Å²) in [6.45, 7) is 0.789. The molecular weight excluding hydrogens is 314 g/mol. The highest BCUT2D eigenvalue weighted by molar-refractivity contribution is 9.10. The maximum Gasteiger partial charge on any atom is 0.140 e. The third kappa shape index (κ3) is 2.75. The van der Waals surface area contributed by atoms with Crippen molar-refractivity contribution in [2.75, 3.05) is 5.73 Å². The molecule has 3 aromatic rings. The molecular formula is C16H14BrN3. The summed E-state index contributed by atoms with van der Waals surface area (Å²) in [7, 11) is 0. The van der Waals surface area contributed by atoms with Crippen molar-refractivity contribution in [2.24, 2.45) is 0 Å². The Hall–Kier alpha value is -2.07. The van der Waals surface area contributed by atoms with E-state index in [1.807, 2.05) is 48.8 Å². The van der Waals surface area contributed by atoms with Crippen LogP contribution < -0.4 is 5.73 Å². The standard InChI is InChI=1S/C16H14BrN3/c17-14-6-4-12(5-7-14)11-20-9-8-19-16(20)13-2-1-3-15(18)10-13/h1-10H,11,18H2. The van der Waals surface area contributed by atoms with Gasteiger partial charge in [-0.1, -0.05) is 40.2 Å². The summed E-state index contributed by atoms with van der Waals surface area (Å²) in [6, 6.07) is 16.1. The van der Waals surface area contributed by atoms with Gasteiger partial charge >= 0.3 is 0 Å². The zero-order chi connectivity index (χ0) is 13.9. The van der Waals surface area contributed by atoms with Gasteiger partial charge in [0.1, 0.15) is 5.82 Å². The molecule has 0 radical (unpaired) electrons. The highest BCUT2D eigenvalue weighted by Gasteiger charge is 2.06. The SMILES string of the molecule is Nc1cccc(-c2nccn2Cc2ccc(Br)cc2)c1. The topological polar surface area (TPSA) is 43.8 Å². The molecule has 0 unspecified atom stereocenters. The Morgan fingerprint density at radius 2 is 1.90 bits per heavy atom. The van der Waals surface area contributed by atoms with Crippen molar-refractivity contribution in [1.29, 1.82) is 0 Å². The van der Waals surface area contributed by atoms with Crippen LogP contribution in [-0.4, -0.2) is 9.55 Å². The first kappa shape index (κ1) is 12.9. The molecule has 2 N–H and O–H groups in total. The maximum absolute atomic E-state index is 5.84. The molecule has 0 aliphatic rings. The van der Waals surface area contributed by atoms with Crippen LogP contribution >= 0.6 is 15.9 Å². The number of imidazole rings is 1. The number of nitrogen functional groups attached to an aromatic ring is 1. The van der Waals surface area contributed by atoms with Gasteiger partial charge in [-0.3, -0.25) is 0 Å². The lowest BCUT2D eigenvalue weighted by Crippen LogP contribution is -2.01. The van der Waals surface area contributed by atoms with Gasteiger partial charge < -0.3 is 10.3 Å². The molecule has 4 heteroatoms. The molecule has 0 aliphatic heterocycles. The molecule has 3 nitrogen and oxygen atoms in total. The van der Waals surface area contributed by atoms with E-state index in [1.165, 1.54) is 5.56 Å². The van der Waals surface area contributed by atoms with Crippen molar-refractivity contribution in [3.05, 3.63) is 71.0 Å². The van der Waals surface area contributed by atoms with Crippen molar-refractivity contribution in [2.45, 2.75) is 6.54 Å². The second-order valence-corrected chi connectivity index (χ2v) is 5.55. The van der Waals surface area contributed by atoms with E-state index >= 15 is 0 Å². The van der Waals surface area contributed by atoms with E-state index in [2.05, 4.69) is 37.6 Å². The van der Waals surface area contributed by atoms with Gasteiger partial charge in [0.15, 0.2) is 0 Å². The van der Waals surface area contributed by atoms with Gasteiger partial charge in [-0.25, -0.2) is 4.98 Å². The summed E-state index contributed by atoms with van der Waals surface area (Å²) in [4.78, 5) is 4.44. The van der Waals surface area contributed by atoms with Gasteiger partial charge in [-0.05, 0) is 29.8 Å². The second kappa shape index (κ2) is 5.51. The van der Waals surface area contributed by atoms with E-state index in [4.69, 9.17) is 5.73 Å². The van der Waals surface area contributed by atoms with E-state index in [-0.39, 0.29) is 0 Å². The summed E-state index contributed by atoms with van der Waals surface area (Å²) in [6.07, 6.45) is 3.80. The minimum atomic E-state index is 0.751. The van der Waals surface area contributed by atoms with E-state index in [0.717, 1.165) is 28.1 Å². The Balaban J connectivity index is 1.92. The molecule has 1 heterocycles. The van der Waals surface area contributed by atoms with E-state index in [9.17, 15) is 0 Å². The van der Waals surface area contributed by atoms with Crippen molar-refractivity contribution < 1.29 is 0 Å². The molecule has 0 fully saturated rings. The number of rotatable bonds is 3. The number of hydrogen-bond donors (Lipinski definition) is 1. The highest BCUT2D eigenvalue weighted by atomic mass is 79.9. The molecule has 20 heavy (non-hydrogen) atoms. The average Bonchev–Trinajstić information content (AvgIpc) is 2.89. The largest absolute Gasteiger partial charge is 0.399 e. The maximum atomic E-state index is 5.84. The Morgan fingerprint density at radius 3 is 2.65 bits per heavy atom. The zero-order valence-electron chi connectivity index (χ0n) is 10.8.